The molecule has 3 rings (SSSR count). The van der Waals surface area contributed by atoms with Crippen molar-refractivity contribution in [2.45, 2.75) is 11.8 Å². The Morgan fingerprint density at radius 1 is 1.19 bits per heavy atom. The lowest BCUT2D eigenvalue weighted by Crippen LogP contribution is -1.91. The molecule has 0 saturated heterocycles. The van der Waals surface area contributed by atoms with E-state index in [1.165, 1.54) is 9.77 Å². The van der Waals surface area contributed by atoms with Crippen LogP contribution in [0.5, 0.6) is 0 Å². The van der Waals surface area contributed by atoms with Crippen molar-refractivity contribution >= 4 is 28.9 Å². The van der Waals surface area contributed by atoms with Gasteiger partial charge in [-0.25, -0.2) is 0 Å². The summed E-state index contributed by atoms with van der Waals surface area (Å²) in [6, 6.07) is 7.89. The third-order valence-electron chi connectivity index (χ3n) is 2.88. The molecule has 80 valence electrons. The zero-order valence-corrected chi connectivity index (χ0v) is 10.7. The Hall–Kier alpha value is -1.06. The van der Waals surface area contributed by atoms with E-state index < -0.39 is 0 Å². The van der Waals surface area contributed by atoms with Gasteiger partial charge < -0.3 is 0 Å². The average Bonchev–Trinajstić information content (AvgIpc) is 2.76. The highest BCUT2D eigenvalue weighted by atomic mass is 32.2. The number of benzene rings is 1. The monoisotopic (exact) mass is 246 g/mol. The normalized spacial score (nSPS) is 12.8. The van der Waals surface area contributed by atoms with Crippen molar-refractivity contribution in [3.05, 3.63) is 39.6 Å². The van der Waals surface area contributed by atoms with Crippen LogP contribution in [0.1, 0.15) is 20.1 Å². The van der Waals surface area contributed by atoms with Gasteiger partial charge in [0.25, 0.3) is 0 Å². The predicted molar refractivity (Wildman–Crippen MR) is 69.7 cm³/mol. The second-order valence-corrected chi connectivity index (χ2v) is 5.81. The second kappa shape index (κ2) is 3.47. The Bertz CT molecular complexity index is 596. The van der Waals surface area contributed by atoms with E-state index in [-0.39, 0.29) is 5.78 Å². The lowest BCUT2D eigenvalue weighted by molar-refractivity contribution is 0.104. The third-order valence-corrected chi connectivity index (χ3v) is 5.03. The molecule has 0 spiro atoms. The number of aryl methyl sites for hydroxylation is 1. The molecule has 0 bridgehead atoms. The summed E-state index contributed by atoms with van der Waals surface area (Å²) in [5.41, 5.74) is 3.13. The molecule has 1 aliphatic carbocycles. The van der Waals surface area contributed by atoms with Crippen LogP contribution < -0.4 is 0 Å². The molecule has 0 unspecified atom stereocenters. The van der Waals surface area contributed by atoms with Gasteiger partial charge >= 0.3 is 0 Å². The fraction of sp³-hybridized carbons (Fsp3) is 0.154. The molecule has 2 aromatic rings. The van der Waals surface area contributed by atoms with Crippen molar-refractivity contribution < 1.29 is 4.79 Å². The van der Waals surface area contributed by atoms with Crippen LogP contribution in [-0.2, 0) is 0 Å². The van der Waals surface area contributed by atoms with E-state index in [0.717, 1.165) is 21.6 Å². The quantitative estimate of drug-likeness (QED) is 0.604. The van der Waals surface area contributed by atoms with E-state index in [9.17, 15) is 4.79 Å². The molecule has 1 aromatic heterocycles. The molecule has 0 radical (unpaired) electrons. The molecular formula is C13H10OS2. The number of rotatable bonds is 1. The molecule has 1 aromatic carbocycles. The molecule has 0 saturated carbocycles. The number of thioether (sulfide) groups is 1. The minimum absolute atomic E-state index is 0.194. The maximum atomic E-state index is 12.2. The first-order valence-electron chi connectivity index (χ1n) is 5.05. The van der Waals surface area contributed by atoms with Crippen LogP contribution >= 0.6 is 23.1 Å². The Morgan fingerprint density at radius 2 is 1.88 bits per heavy atom. The highest BCUT2D eigenvalue weighted by Crippen LogP contribution is 2.47. The summed E-state index contributed by atoms with van der Waals surface area (Å²) in [6.07, 6.45) is 2.07. The summed E-state index contributed by atoms with van der Waals surface area (Å²) < 4.78 is 0. The smallest absolute Gasteiger partial charge is 0.204 e. The molecule has 0 amide bonds. The van der Waals surface area contributed by atoms with Gasteiger partial charge in [-0.15, -0.1) is 23.1 Å². The van der Waals surface area contributed by atoms with Crippen molar-refractivity contribution in [1.82, 2.24) is 0 Å². The lowest BCUT2D eigenvalue weighted by atomic mass is 10.1. The number of thiophene rings is 1. The van der Waals surface area contributed by atoms with E-state index >= 15 is 0 Å². The van der Waals surface area contributed by atoms with Crippen molar-refractivity contribution in [2.24, 2.45) is 0 Å². The molecular weight excluding hydrogens is 236 g/mol. The third kappa shape index (κ3) is 1.16. The van der Waals surface area contributed by atoms with Gasteiger partial charge in [0.15, 0.2) is 0 Å². The van der Waals surface area contributed by atoms with E-state index in [4.69, 9.17) is 0 Å². The first-order valence-corrected chi connectivity index (χ1v) is 7.09. The van der Waals surface area contributed by atoms with Gasteiger partial charge in [0.05, 0.1) is 4.88 Å². The molecule has 16 heavy (non-hydrogen) atoms. The van der Waals surface area contributed by atoms with E-state index in [1.54, 1.807) is 23.1 Å². The summed E-state index contributed by atoms with van der Waals surface area (Å²) in [5, 5.41) is 0. The topological polar surface area (TPSA) is 17.1 Å². The zero-order valence-electron chi connectivity index (χ0n) is 9.03. The van der Waals surface area contributed by atoms with Crippen LogP contribution in [0, 0.1) is 6.92 Å². The van der Waals surface area contributed by atoms with Gasteiger partial charge in [-0.05, 0) is 18.7 Å². The number of hydrogen-bond donors (Lipinski definition) is 0. The van der Waals surface area contributed by atoms with Gasteiger partial charge in [-0.3, -0.25) is 4.79 Å². The van der Waals surface area contributed by atoms with Crippen LogP contribution in [0.2, 0.25) is 0 Å². The maximum absolute atomic E-state index is 12.2. The first kappa shape index (κ1) is 10.1. The number of carbonyl (C=O) groups excluding carboxylic acids is 1. The van der Waals surface area contributed by atoms with Crippen molar-refractivity contribution in [3.63, 3.8) is 0 Å². The molecule has 1 nitrogen and oxygen atoms in total. The fourth-order valence-electron chi connectivity index (χ4n) is 2.20. The van der Waals surface area contributed by atoms with Gasteiger partial charge in [0.2, 0.25) is 5.78 Å². The standard InChI is InChI=1S/C13H10OS2/c1-7-12(15-2)10-8-5-3-4-6-9(8)11(14)13(10)16-7/h3-6H,1-2H3. The lowest BCUT2D eigenvalue weighted by Gasteiger charge is -2.01. The Morgan fingerprint density at radius 3 is 2.56 bits per heavy atom. The molecule has 0 N–H and O–H groups in total. The van der Waals surface area contributed by atoms with Crippen LogP contribution in [-0.4, -0.2) is 12.0 Å². The summed E-state index contributed by atoms with van der Waals surface area (Å²) in [6.45, 7) is 2.09. The summed E-state index contributed by atoms with van der Waals surface area (Å²) in [5.74, 6) is 0.194. The predicted octanol–water partition coefficient (Wildman–Crippen LogP) is 3.99. The van der Waals surface area contributed by atoms with Crippen LogP contribution in [0.4, 0.5) is 0 Å². The average molecular weight is 246 g/mol. The number of fused-ring (bicyclic) bond motifs is 3. The van der Waals surface area contributed by atoms with Crippen molar-refractivity contribution in [2.75, 3.05) is 6.26 Å². The Labute approximate surface area is 103 Å². The van der Waals surface area contributed by atoms with Crippen LogP contribution in [0.25, 0.3) is 11.1 Å². The Kier molecular flexibility index (Phi) is 2.19. The van der Waals surface area contributed by atoms with E-state index in [0.29, 0.717) is 0 Å². The fourth-order valence-corrected chi connectivity index (χ4v) is 4.36. The summed E-state index contributed by atoms with van der Waals surface area (Å²) in [7, 11) is 0. The molecule has 0 fully saturated rings. The number of hydrogen-bond acceptors (Lipinski definition) is 3. The summed E-state index contributed by atoms with van der Waals surface area (Å²) in [4.78, 5) is 15.6. The maximum Gasteiger partial charge on any atom is 0.204 e. The van der Waals surface area contributed by atoms with Crippen molar-refractivity contribution in [3.8, 4) is 11.1 Å². The highest BCUT2D eigenvalue weighted by molar-refractivity contribution is 7.99. The van der Waals surface area contributed by atoms with Gasteiger partial charge in [0, 0.05) is 20.9 Å². The van der Waals surface area contributed by atoms with E-state index in [2.05, 4.69) is 13.2 Å². The van der Waals surface area contributed by atoms with Crippen LogP contribution in [0.3, 0.4) is 0 Å². The van der Waals surface area contributed by atoms with Gasteiger partial charge in [-0.1, -0.05) is 24.3 Å². The molecule has 0 atom stereocenters. The zero-order chi connectivity index (χ0) is 11.3. The molecule has 1 aliphatic rings. The highest BCUT2D eigenvalue weighted by Gasteiger charge is 2.31. The Balaban J connectivity index is 2.39. The second-order valence-electron chi connectivity index (χ2n) is 3.77. The van der Waals surface area contributed by atoms with E-state index in [1.807, 2.05) is 24.3 Å². The number of ketones is 1. The summed E-state index contributed by atoms with van der Waals surface area (Å²) >= 11 is 3.35. The largest absolute Gasteiger partial charge is 0.288 e. The minimum atomic E-state index is 0.194. The van der Waals surface area contributed by atoms with Crippen LogP contribution in [0.15, 0.2) is 29.2 Å². The van der Waals surface area contributed by atoms with Crippen molar-refractivity contribution in [1.29, 1.82) is 0 Å². The molecule has 0 aliphatic heterocycles. The van der Waals surface area contributed by atoms with Gasteiger partial charge in [-0.2, -0.15) is 0 Å². The number of carbonyl (C=O) groups is 1. The first-order chi connectivity index (χ1) is 7.74. The van der Waals surface area contributed by atoms with Gasteiger partial charge in [0.1, 0.15) is 0 Å². The minimum Gasteiger partial charge on any atom is -0.288 e. The molecule has 3 heteroatoms. The SMILES string of the molecule is CSc1c(C)sc2c1-c1ccccc1C2=O. The molecule has 1 heterocycles.